The third kappa shape index (κ3) is 3.36. The van der Waals surface area contributed by atoms with Crippen LogP contribution in [-0.2, 0) is 5.54 Å². The van der Waals surface area contributed by atoms with Crippen molar-refractivity contribution in [2.75, 3.05) is 13.1 Å². The summed E-state index contributed by atoms with van der Waals surface area (Å²) >= 11 is 1.81. The van der Waals surface area contributed by atoms with Gasteiger partial charge in [-0.1, -0.05) is 0 Å². The van der Waals surface area contributed by atoms with Crippen LogP contribution in [0.5, 0.6) is 0 Å². The Morgan fingerprint density at radius 3 is 2.32 bits per heavy atom. The maximum Gasteiger partial charge on any atom is 0.113 e. The molecule has 1 aromatic heterocycles. The number of nitrogens with one attached hydrogen (secondary N) is 1. The van der Waals surface area contributed by atoms with Gasteiger partial charge in [-0.05, 0) is 47.5 Å². The monoisotopic (exact) mass is 281 g/mol. The Bertz CT molecular complexity index is 403. The lowest BCUT2D eigenvalue weighted by Crippen LogP contribution is -2.54. The van der Waals surface area contributed by atoms with Crippen LogP contribution < -0.4 is 5.32 Å². The van der Waals surface area contributed by atoms with Crippen molar-refractivity contribution < 1.29 is 0 Å². The van der Waals surface area contributed by atoms with Gasteiger partial charge in [0.25, 0.3) is 0 Å². The minimum Gasteiger partial charge on any atom is -0.303 e. The van der Waals surface area contributed by atoms with Gasteiger partial charge < -0.3 is 10.2 Å². The minimum absolute atomic E-state index is 0.0957. The first-order chi connectivity index (χ1) is 8.93. The first-order valence-electron chi connectivity index (χ1n) is 7.37. The third-order valence-corrected chi connectivity index (χ3v) is 5.14. The number of piperidine rings is 1. The van der Waals surface area contributed by atoms with Crippen molar-refractivity contribution >= 4 is 11.3 Å². The molecule has 2 rings (SSSR count). The van der Waals surface area contributed by atoms with E-state index in [1.54, 1.807) is 0 Å². The van der Waals surface area contributed by atoms with Crippen LogP contribution in [0.25, 0.3) is 0 Å². The number of nitrogens with zero attached hydrogens (tertiary/aromatic N) is 2. The third-order valence-electron chi connectivity index (χ3n) is 3.98. The van der Waals surface area contributed by atoms with Gasteiger partial charge in [0, 0.05) is 36.2 Å². The lowest BCUT2D eigenvalue weighted by Gasteiger charge is -2.43. The van der Waals surface area contributed by atoms with Gasteiger partial charge in [0.1, 0.15) is 5.01 Å². The molecule has 1 aliphatic heterocycles. The molecule has 0 spiro atoms. The SMILES string of the molecule is Cc1csc(C2(NC(C)C)CCN(C(C)C)CC2)n1. The normalized spacial score (nSPS) is 20.4. The van der Waals surface area contributed by atoms with Gasteiger partial charge in [0.15, 0.2) is 0 Å². The Hall–Kier alpha value is -0.450. The summed E-state index contributed by atoms with van der Waals surface area (Å²) in [4.78, 5) is 7.34. The predicted molar refractivity (Wildman–Crippen MR) is 82.7 cm³/mol. The number of hydrogen-bond acceptors (Lipinski definition) is 4. The van der Waals surface area contributed by atoms with Gasteiger partial charge in [-0.25, -0.2) is 4.98 Å². The molecule has 0 bridgehead atoms. The summed E-state index contributed by atoms with van der Waals surface area (Å²) < 4.78 is 0. The van der Waals surface area contributed by atoms with Crippen molar-refractivity contribution in [3.05, 3.63) is 16.1 Å². The summed E-state index contributed by atoms with van der Waals surface area (Å²) in [7, 11) is 0. The van der Waals surface area contributed by atoms with Gasteiger partial charge in [-0.2, -0.15) is 0 Å². The number of aromatic nitrogens is 1. The number of aryl methyl sites for hydroxylation is 1. The van der Waals surface area contributed by atoms with Crippen LogP contribution in [0.1, 0.15) is 51.2 Å². The Balaban J connectivity index is 2.18. The zero-order valence-corrected chi connectivity index (χ0v) is 13.7. The smallest absolute Gasteiger partial charge is 0.113 e. The van der Waals surface area contributed by atoms with Gasteiger partial charge in [-0.15, -0.1) is 11.3 Å². The molecule has 0 atom stereocenters. The molecule has 2 heterocycles. The van der Waals surface area contributed by atoms with Gasteiger partial charge in [-0.3, -0.25) is 0 Å². The Morgan fingerprint density at radius 2 is 1.89 bits per heavy atom. The standard InChI is InChI=1S/C15H27N3S/c1-11(2)17-15(14-16-13(5)10-19-14)6-8-18(9-7-15)12(3)4/h10-12,17H,6-9H2,1-5H3. The summed E-state index contributed by atoms with van der Waals surface area (Å²) in [5.74, 6) is 0. The highest BCUT2D eigenvalue weighted by molar-refractivity contribution is 7.09. The van der Waals surface area contributed by atoms with E-state index in [-0.39, 0.29) is 5.54 Å². The second-order valence-electron chi connectivity index (χ2n) is 6.30. The van der Waals surface area contributed by atoms with Crippen LogP contribution in [0.4, 0.5) is 0 Å². The van der Waals surface area contributed by atoms with E-state index in [1.807, 2.05) is 11.3 Å². The van der Waals surface area contributed by atoms with E-state index >= 15 is 0 Å². The molecule has 0 saturated carbocycles. The molecule has 0 aliphatic carbocycles. The van der Waals surface area contributed by atoms with Crippen molar-refractivity contribution in [2.24, 2.45) is 0 Å². The van der Waals surface area contributed by atoms with Crippen LogP contribution in [0.15, 0.2) is 5.38 Å². The second kappa shape index (κ2) is 5.90. The van der Waals surface area contributed by atoms with E-state index in [9.17, 15) is 0 Å². The quantitative estimate of drug-likeness (QED) is 0.919. The van der Waals surface area contributed by atoms with Crippen LogP contribution in [0.3, 0.4) is 0 Å². The number of hydrogen-bond donors (Lipinski definition) is 1. The summed E-state index contributed by atoms with van der Waals surface area (Å²) in [6, 6.07) is 1.14. The summed E-state index contributed by atoms with van der Waals surface area (Å²) in [5.41, 5.74) is 1.24. The van der Waals surface area contributed by atoms with Crippen molar-refractivity contribution in [1.82, 2.24) is 15.2 Å². The minimum atomic E-state index is 0.0957. The van der Waals surface area contributed by atoms with Gasteiger partial charge >= 0.3 is 0 Å². The lowest BCUT2D eigenvalue weighted by atomic mass is 9.86. The van der Waals surface area contributed by atoms with E-state index in [1.165, 1.54) is 5.01 Å². The summed E-state index contributed by atoms with van der Waals surface area (Å²) in [5, 5.41) is 7.26. The fourth-order valence-corrected chi connectivity index (χ4v) is 3.99. The van der Waals surface area contributed by atoms with Crippen LogP contribution in [0, 0.1) is 6.92 Å². The van der Waals surface area contributed by atoms with E-state index in [2.05, 4.69) is 50.2 Å². The molecule has 108 valence electrons. The van der Waals surface area contributed by atoms with E-state index in [0.29, 0.717) is 12.1 Å². The van der Waals surface area contributed by atoms with Crippen molar-refractivity contribution in [3.8, 4) is 0 Å². The highest BCUT2D eigenvalue weighted by atomic mass is 32.1. The van der Waals surface area contributed by atoms with Crippen molar-refractivity contribution in [1.29, 1.82) is 0 Å². The highest BCUT2D eigenvalue weighted by Crippen LogP contribution is 2.35. The maximum atomic E-state index is 4.77. The van der Waals surface area contributed by atoms with E-state index < -0.39 is 0 Å². The largest absolute Gasteiger partial charge is 0.303 e. The number of likely N-dealkylation sites (tertiary alicyclic amines) is 1. The molecule has 19 heavy (non-hydrogen) atoms. The van der Waals surface area contributed by atoms with Crippen LogP contribution in [-0.4, -0.2) is 35.1 Å². The maximum absolute atomic E-state index is 4.77. The van der Waals surface area contributed by atoms with Gasteiger partial charge in [0.2, 0.25) is 0 Å². The molecule has 1 saturated heterocycles. The first kappa shape index (κ1) is 14.9. The van der Waals surface area contributed by atoms with Gasteiger partial charge in [0.05, 0.1) is 5.54 Å². The molecule has 1 fully saturated rings. The first-order valence-corrected chi connectivity index (χ1v) is 8.25. The van der Waals surface area contributed by atoms with E-state index in [0.717, 1.165) is 31.6 Å². The Kier molecular flexibility index (Phi) is 4.64. The topological polar surface area (TPSA) is 28.2 Å². The molecule has 1 aromatic rings. The fourth-order valence-electron chi connectivity index (χ4n) is 2.97. The zero-order valence-electron chi connectivity index (χ0n) is 12.9. The Morgan fingerprint density at radius 1 is 1.26 bits per heavy atom. The lowest BCUT2D eigenvalue weighted by molar-refractivity contribution is 0.103. The molecule has 0 radical (unpaired) electrons. The van der Waals surface area contributed by atoms with Crippen molar-refractivity contribution in [3.63, 3.8) is 0 Å². The van der Waals surface area contributed by atoms with Crippen LogP contribution in [0.2, 0.25) is 0 Å². The predicted octanol–water partition coefficient (Wildman–Crippen LogP) is 3.15. The molecule has 0 aromatic carbocycles. The Labute approximate surface area is 121 Å². The average Bonchev–Trinajstić information content (AvgIpc) is 2.76. The molecule has 1 N–H and O–H groups in total. The summed E-state index contributed by atoms with van der Waals surface area (Å²) in [6.07, 6.45) is 2.33. The molecule has 0 amide bonds. The fraction of sp³-hybridized carbons (Fsp3) is 0.800. The molecular formula is C15H27N3S. The number of thiazole rings is 1. The highest BCUT2D eigenvalue weighted by Gasteiger charge is 2.39. The van der Waals surface area contributed by atoms with Crippen LogP contribution >= 0.6 is 11.3 Å². The van der Waals surface area contributed by atoms with Crippen molar-refractivity contribution in [2.45, 2.75) is 65.1 Å². The molecule has 4 heteroatoms. The zero-order chi connectivity index (χ0) is 14.0. The molecule has 0 unspecified atom stereocenters. The molecule has 3 nitrogen and oxygen atoms in total. The second-order valence-corrected chi connectivity index (χ2v) is 7.16. The molecular weight excluding hydrogens is 254 g/mol. The number of rotatable bonds is 4. The average molecular weight is 281 g/mol. The summed E-state index contributed by atoms with van der Waals surface area (Å²) in [6.45, 7) is 13.5. The molecule has 1 aliphatic rings. The van der Waals surface area contributed by atoms with E-state index in [4.69, 9.17) is 4.98 Å².